The van der Waals surface area contributed by atoms with Gasteiger partial charge in [0.25, 0.3) is 0 Å². The SMILES string of the molecule is CC/C=C\C/C=C\C/C=C\C/C=C\C/C=C\C/C=C\CCC(=O)OC(COC(=O)CCCCCCC/C=C\CCCC)COP(=O)(O)OCC(CO)OC(=O)C/C=C\C/C=C\C/C=C\C/C=C\C/C=C\CC. The van der Waals surface area contributed by atoms with Crippen LogP contribution in [0.3, 0.4) is 0 Å². The van der Waals surface area contributed by atoms with E-state index in [4.69, 9.17) is 23.3 Å². The summed E-state index contributed by atoms with van der Waals surface area (Å²) in [6, 6.07) is 0. The predicted octanol–water partition coefficient (Wildman–Crippen LogP) is 15.6. The number of carbonyl (C=O) groups excluding carboxylic acids is 3. The smallest absolute Gasteiger partial charge is 0.462 e. The third kappa shape index (κ3) is 50.3. The first kappa shape index (κ1) is 67.4. The molecule has 0 spiro atoms. The molecule has 3 unspecified atom stereocenters. The van der Waals surface area contributed by atoms with E-state index >= 15 is 0 Å². The Kier molecular flexibility index (Phi) is 49.3. The van der Waals surface area contributed by atoms with E-state index in [9.17, 15) is 28.9 Å². The number of phosphoric ester groups is 1. The number of unbranched alkanes of at least 4 members (excludes halogenated alkanes) is 7. The van der Waals surface area contributed by atoms with Gasteiger partial charge in [-0.1, -0.05) is 199 Å². The maximum Gasteiger partial charge on any atom is 0.472 e. The molecule has 0 aromatic carbocycles. The van der Waals surface area contributed by atoms with Crippen LogP contribution in [0.1, 0.15) is 175 Å². The summed E-state index contributed by atoms with van der Waals surface area (Å²) < 4.78 is 39.2. The lowest BCUT2D eigenvalue weighted by atomic mass is 10.1. The molecular formula is C60H93O11P. The summed E-state index contributed by atoms with van der Waals surface area (Å²) in [5.74, 6) is -1.74. The van der Waals surface area contributed by atoms with Crippen LogP contribution in [0, 0.1) is 0 Å². The van der Waals surface area contributed by atoms with Crippen LogP contribution in [0.2, 0.25) is 0 Å². The van der Waals surface area contributed by atoms with Crippen LogP contribution >= 0.6 is 7.82 Å². The van der Waals surface area contributed by atoms with Gasteiger partial charge in [0, 0.05) is 12.8 Å². The zero-order chi connectivity index (χ0) is 52.7. The molecule has 0 aromatic heterocycles. The molecule has 12 heteroatoms. The van der Waals surface area contributed by atoms with Gasteiger partial charge in [-0.25, -0.2) is 4.57 Å². The first-order valence-corrected chi connectivity index (χ1v) is 28.2. The van der Waals surface area contributed by atoms with Crippen LogP contribution in [-0.4, -0.2) is 66.5 Å². The Balaban J connectivity index is 4.95. The minimum Gasteiger partial charge on any atom is -0.462 e. The number of aliphatic hydroxyl groups is 1. The number of allylic oxidation sites excluding steroid dienone is 23. The molecule has 0 amide bonds. The Morgan fingerprint density at radius 3 is 1.28 bits per heavy atom. The fraction of sp³-hybridized carbons (Fsp3) is 0.550. The van der Waals surface area contributed by atoms with Crippen molar-refractivity contribution in [3.63, 3.8) is 0 Å². The lowest BCUT2D eigenvalue weighted by molar-refractivity contribution is -0.161. The Morgan fingerprint density at radius 2 is 0.806 bits per heavy atom. The summed E-state index contributed by atoms with van der Waals surface area (Å²) in [4.78, 5) is 48.3. The van der Waals surface area contributed by atoms with Crippen LogP contribution in [0.4, 0.5) is 0 Å². The summed E-state index contributed by atoms with van der Waals surface area (Å²) >= 11 is 0. The van der Waals surface area contributed by atoms with Crippen LogP contribution in [0.25, 0.3) is 0 Å². The molecule has 0 radical (unpaired) electrons. The lowest BCUT2D eigenvalue weighted by Gasteiger charge is -2.21. The van der Waals surface area contributed by atoms with Crippen molar-refractivity contribution < 1.29 is 52.2 Å². The molecule has 0 saturated heterocycles. The van der Waals surface area contributed by atoms with Crippen LogP contribution in [0.5, 0.6) is 0 Å². The minimum atomic E-state index is -4.80. The molecule has 0 aliphatic carbocycles. The molecule has 3 atom stereocenters. The van der Waals surface area contributed by atoms with Crippen molar-refractivity contribution >= 4 is 25.7 Å². The highest BCUT2D eigenvalue weighted by atomic mass is 31.2. The summed E-state index contributed by atoms with van der Waals surface area (Å²) in [6.45, 7) is 4.12. The van der Waals surface area contributed by atoms with Crippen LogP contribution in [-0.2, 0) is 42.2 Å². The molecule has 0 aliphatic heterocycles. The van der Waals surface area contributed by atoms with Crippen molar-refractivity contribution in [1.29, 1.82) is 0 Å². The maximum absolute atomic E-state index is 12.9. The third-order valence-electron chi connectivity index (χ3n) is 10.3. The molecule has 2 N–H and O–H groups in total. The largest absolute Gasteiger partial charge is 0.472 e. The quantitative estimate of drug-likeness (QED) is 0.0197. The third-order valence-corrected chi connectivity index (χ3v) is 11.2. The number of carbonyl (C=O) groups is 3. The first-order chi connectivity index (χ1) is 35.2. The van der Waals surface area contributed by atoms with Gasteiger partial charge in [0.05, 0.1) is 26.2 Å². The summed E-state index contributed by atoms with van der Waals surface area (Å²) in [5.41, 5.74) is 0. The molecule has 0 fully saturated rings. The van der Waals surface area contributed by atoms with Gasteiger partial charge in [0.2, 0.25) is 0 Å². The van der Waals surface area contributed by atoms with Crippen molar-refractivity contribution in [1.82, 2.24) is 0 Å². The average molecular weight is 1020 g/mol. The molecule has 0 aromatic rings. The number of aliphatic hydroxyl groups excluding tert-OH is 1. The van der Waals surface area contributed by atoms with E-state index in [1.54, 1.807) is 6.08 Å². The molecule has 0 heterocycles. The van der Waals surface area contributed by atoms with Gasteiger partial charge in [0.15, 0.2) is 6.10 Å². The van der Waals surface area contributed by atoms with Gasteiger partial charge in [-0.2, -0.15) is 0 Å². The lowest BCUT2D eigenvalue weighted by Crippen LogP contribution is -2.30. The van der Waals surface area contributed by atoms with E-state index in [-0.39, 0.29) is 25.9 Å². The molecule has 0 rings (SSSR count). The zero-order valence-corrected chi connectivity index (χ0v) is 45.2. The number of ether oxygens (including phenoxy) is 3. The van der Waals surface area contributed by atoms with Crippen molar-refractivity contribution in [3.8, 4) is 0 Å². The van der Waals surface area contributed by atoms with Gasteiger partial charge in [-0.05, 0) is 103 Å². The second-order valence-corrected chi connectivity index (χ2v) is 18.4. The topological polar surface area (TPSA) is 155 Å². The number of rotatable bonds is 47. The van der Waals surface area contributed by atoms with E-state index in [1.165, 1.54) is 12.8 Å². The van der Waals surface area contributed by atoms with Crippen molar-refractivity contribution in [2.24, 2.45) is 0 Å². The maximum atomic E-state index is 12.9. The van der Waals surface area contributed by atoms with Gasteiger partial charge >= 0.3 is 25.7 Å². The van der Waals surface area contributed by atoms with Gasteiger partial charge in [-0.15, -0.1) is 0 Å². The number of hydrogen-bond donors (Lipinski definition) is 2. The van der Waals surface area contributed by atoms with E-state index < -0.39 is 57.8 Å². The second kappa shape index (κ2) is 52.7. The van der Waals surface area contributed by atoms with Gasteiger partial charge in [0.1, 0.15) is 12.7 Å². The standard InChI is InChI=1S/C60H93O11P/c1-4-7-10-13-16-19-22-24-26-27-28-29-31-33-36-39-42-45-48-51-60(64)71-57(53-67-58(62)49-46-43-40-37-34-21-18-15-12-9-6-3)55-69-72(65,66)68-54-56(52-61)70-59(63)50-47-44-41-38-35-32-30-25-23-20-17-14-11-8-5-2/h7-8,10-11,15-20,24-26,28-30,33,35-36,38,42,44-45,47,56-57,61H,4-6,9,12-14,21-23,27,31-32,34,37,39-41,43,46,48-55H2,1-3H3,(H,65,66)/b10-7-,11-8-,18-15-,19-16-,20-17-,26-24-,29-28-,30-25-,36-33-,38-35-,45-42-,47-44-. The minimum absolute atomic E-state index is 0.0254. The normalized spacial score (nSPS) is 14.6. The summed E-state index contributed by atoms with van der Waals surface area (Å²) in [7, 11) is -4.80. The number of phosphoric acid groups is 1. The first-order valence-electron chi connectivity index (χ1n) is 26.7. The molecular weight excluding hydrogens is 928 g/mol. The Bertz CT molecular complexity index is 1760. The number of hydrogen-bond acceptors (Lipinski definition) is 10. The number of esters is 3. The molecule has 404 valence electrons. The Morgan fingerprint density at radius 1 is 0.417 bits per heavy atom. The molecule has 0 aliphatic rings. The molecule has 0 bridgehead atoms. The predicted molar refractivity (Wildman–Crippen MR) is 297 cm³/mol. The van der Waals surface area contributed by atoms with Crippen molar-refractivity contribution in [2.75, 3.05) is 26.4 Å². The monoisotopic (exact) mass is 1020 g/mol. The average Bonchev–Trinajstić information content (AvgIpc) is 3.37. The second-order valence-electron chi connectivity index (χ2n) is 16.9. The van der Waals surface area contributed by atoms with Crippen molar-refractivity contribution in [3.05, 3.63) is 146 Å². The summed E-state index contributed by atoms with van der Waals surface area (Å²) in [5, 5.41) is 9.77. The highest BCUT2D eigenvalue weighted by Crippen LogP contribution is 2.43. The van der Waals surface area contributed by atoms with E-state index in [0.29, 0.717) is 25.7 Å². The zero-order valence-electron chi connectivity index (χ0n) is 44.3. The van der Waals surface area contributed by atoms with Gasteiger partial charge < -0.3 is 24.2 Å². The molecule has 11 nitrogen and oxygen atoms in total. The fourth-order valence-electron chi connectivity index (χ4n) is 6.26. The van der Waals surface area contributed by atoms with Crippen molar-refractivity contribution in [2.45, 2.75) is 187 Å². The Labute approximate surface area is 435 Å². The summed E-state index contributed by atoms with van der Waals surface area (Å²) in [6.07, 6.45) is 67.2. The molecule has 0 saturated carbocycles. The highest BCUT2D eigenvalue weighted by Gasteiger charge is 2.28. The van der Waals surface area contributed by atoms with Crippen LogP contribution in [0.15, 0.2) is 146 Å². The van der Waals surface area contributed by atoms with E-state index in [0.717, 1.165) is 96.3 Å². The van der Waals surface area contributed by atoms with E-state index in [1.807, 2.05) is 30.4 Å². The Hall–Kier alpha value is -4.64. The molecule has 72 heavy (non-hydrogen) atoms. The van der Waals surface area contributed by atoms with Gasteiger partial charge in [-0.3, -0.25) is 23.4 Å². The van der Waals surface area contributed by atoms with E-state index in [2.05, 4.69) is 130 Å². The van der Waals surface area contributed by atoms with Crippen LogP contribution < -0.4 is 0 Å². The highest BCUT2D eigenvalue weighted by molar-refractivity contribution is 7.47. The fourth-order valence-corrected chi connectivity index (χ4v) is 7.04.